The largest absolute Gasteiger partial charge is 0.495 e. The summed E-state index contributed by atoms with van der Waals surface area (Å²) in [7, 11) is -2.43. The summed E-state index contributed by atoms with van der Waals surface area (Å²) in [6, 6.07) is 12.1. The number of hydrogen-bond acceptors (Lipinski definition) is 7. The van der Waals surface area contributed by atoms with Gasteiger partial charge in [-0.25, -0.2) is 8.42 Å². The predicted molar refractivity (Wildman–Crippen MR) is 130 cm³/mol. The Balaban J connectivity index is 1.51. The van der Waals surface area contributed by atoms with E-state index in [0.717, 1.165) is 10.6 Å². The molecule has 2 amide bonds. The van der Waals surface area contributed by atoms with Gasteiger partial charge >= 0.3 is 0 Å². The second-order valence-corrected chi connectivity index (χ2v) is 10.8. The van der Waals surface area contributed by atoms with Gasteiger partial charge in [0.15, 0.2) is 0 Å². The van der Waals surface area contributed by atoms with Crippen molar-refractivity contribution in [3.63, 3.8) is 0 Å². The van der Waals surface area contributed by atoms with Crippen LogP contribution in [0.3, 0.4) is 0 Å². The van der Waals surface area contributed by atoms with Gasteiger partial charge < -0.3 is 19.7 Å². The van der Waals surface area contributed by atoms with Crippen molar-refractivity contribution in [1.82, 2.24) is 4.31 Å². The van der Waals surface area contributed by atoms with Crippen LogP contribution >= 0.6 is 11.8 Å². The number of hydrogen-bond donors (Lipinski definition) is 1. The fourth-order valence-electron chi connectivity index (χ4n) is 4.04. The zero-order valence-corrected chi connectivity index (χ0v) is 20.7. The van der Waals surface area contributed by atoms with Crippen LogP contribution in [-0.4, -0.2) is 70.8 Å². The van der Waals surface area contributed by atoms with E-state index in [4.69, 9.17) is 9.47 Å². The second-order valence-electron chi connectivity index (χ2n) is 7.98. The van der Waals surface area contributed by atoms with Crippen LogP contribution < -0.4 is 15.0 Å². The minimum Gasteiger partial charge on any atom is -0.495 e. The number of methoxy groups -OCH3 is 1. The molecule has 1 N–H and O–H groups in total. The third kappa shape index (κ3) is 5.07. The third-order valence-corrected chi connectivity index (χ3v) is 8.53. The van der Waals surface area contributed by atoms with Crippen LogP contribution in [0.1, 0.15) is 6.42 Å². The number of anilines is 2. The summed E-state index contributed by atoms with van der Waals surface area (Å²) in [6.07, 6.45) is 2.05. The van der Waals surface area contributed by atoms with Gasteiger partial charge in [0.05, 0.1) is 26.2 Å². The van der Waals surface area contributed by atoms with Gasteiger partial charge in [-0.05, 0) is 42.7 Å². The van der Waals surface area contributed by atoms with E-state index in [9.17, 15) is 18.0 Å². The maximum atomic E-state index is 13.2. The molecule has 2 fully saturated rings. The number of ether oxygens (including phenoxy) is 2. The number of nitrogens with one attached hydrogen (secondary N) is 1. The molecule has 9 nitrogen and oxygen atoms in total. The molecule has 11 heteroatoms. The zero-order chi connectivity index (χ0) is 24.3. The normalized spacial score (nSPS) is 19.3. The number of amides is 2. The first-order valence-electron chi connectivity index (χ1n) is 10.8. The highest BCUT2D eigenvalue weighted by molar-refractivity contribution is 7.98. The van der Waals surface area contributed by atoms with Gasteiger partial charge in [0, 0.05) is 42.3 Å². The molecule has 0 unspecified atom stereocenters. The molecule has 0 saturated carbocycles. The number of morpholine rings is 1. The minimum atomic E-state index is -3.83. The molecule has 0 spiro atoms. The lowest BCUT2D eigenvalue weighted by molar-refractivity contribution is -0.122. The fraction of sp³-hybridized carbons (Fsp3) is 0.391. The standard InChI is InChI=1S/C23H27N3O6S2/c1-31-20-7-6-17(13-21(20)34(29,30)25-8-10-32-11-9-25)24-23(28)16-12-22(27)26(15-16)18-4-3-5-19(14-18)33-2/h3-7,13-14,16H,8-12,15H2,1-2H3,(H,24,28)/t16-/m0/s1. The molecule has 0 aromatic heterocycles. The number of nitrogens with zero attached hydrogens (tertiary/aromatic N) is 2. The number of rotatable bonds is 7. The van der Waals surface area contributed by atoms with Crippen molar-refractivity contribution < 1.29 is 27.5 Å². The number of carbonyl (C=O) groups excluding carboxylic acids is 2. The average Bonchev–Trinajstić information content (AvgIpc) is 3.26. The Morgan fingerprint density at radius 1 is 1.18 bits per heavy atom. The van der Waals surface area contributed by atoms with Crippen LogP contribution in [0.4, 0.5) is 11.4 Å². The highest BCUT2D eigenvalue weighted by atomic mass is 32.2. The van der Waals surface area contributed by atoms with Crippen molar-refractivity contribution in [2.24, 2.45) is 5.92 Å². The van der Waals surface area contributed by atoms with Gasteiger partial charge in [-0.2, -0.15) is 4.31 Å². The lowest BCUT2D eigenvalue weighted by atomic mass is 10.1. The summed E-state index contributed by atoms with van der Waals surface area (Å²) in [6.45, 7) is 1.41. The average molecular weight is 506 g/mol. The smallest absolute Gasteiger partial charge is 0.246 e. The number of carbonyl (C=O) groups is 2. The monoisotopic (exact) mass is 505 g/mol. The Hall–Kier alpha value is -2.60. The van der Waals surface area contributed by atoms with E-state index in [0.29, 0.717) is 18.9 Å². The maximum Gasteiger partial charge on any atom is 0.246 e. The van der Waals surface area contributed by atoms with Crippen LogP contribution in [0.2, 0.25) is 0 Å². The number of sulfonamides is 1. The van der Waals surface area contributed by atoms with Crippen LogP contribution in [0.5, 0.6) is 5.75 Å². The first-order chi connectivity index (χ1) is 16.3. The van der Waals surface area contributed by atoms with Gasteiger partial charge in [0.2, 0.25) is 21.8 Å². The summed E-state index contributed by atoms with van der Waals surface area (Å²) in [4.78, 5) is 28.2. The summed E-state index contributed by atoms with van der Waals surface area (Å²) >= 11 is 1.58. The minimum absolute atomic E-state index is 0.0206. The third-order valence-electron chi connectivity index (χ3n) is 5.88. The van der Waals surface area contributed by atoms with Crippen LogP contribution in [0.25, 0.3) is 0 Å². The Morgan fingerprint density at radius 2 is 1.94 bits per heavy atom. The maximum absolute atomic E-state index is 13.2. The molecule has 2 aliphatic rings. The molecule has 0 aliphatic carbocycles. The van der Waals surface area contributed by atoms with Crippen molar-refractivity contribution in [1.29, 1.82) is 0 Å². The van der Waals surface area contributed by atoms with E-state index in [1.807, 2.05) is 30.5 Å². The number of thioether (sulfide) groups is 1. The molecule has 4 rings (SSSR count). The Labute approximate surface area is 203 Å². The molecule has 34 heavy (non-hydrogen) atoms. The molecule has 2 heterocycles. The summed E-state index contributed by atoms with van der Waals surface area (Å²) in [5.74, 6) is -0.812. The highest BCUT2D eigenvalue weighted by Crippen LogP contribution is 2.32. The van der Waals surface area contributed by atoms with Crippen molar-refractivity contribution in [2.75, 3.05) is 56.4 Å². The lowest BCUT2D eigenvalue weighted by Gasteiger charge is -2.27. The summed E-state index contributed by atoms with van der Waals surface area (Å²) < 4.78 is 38.2. The topological polar surface area (TPSA) is 105 Å². The molecule has 1 atom stereocenters. The lowest BCUT2D eigenvalue weighted by Crippen LogP contribution is -2.40. The van der Waals surface area contributed by atoms with Crippen LogP contribution in [0, 0.1) is 5.92 Å². The quantitative estimate of drug-likeness (QED) is 0.576. The molecule has 2 aromatic carbocycles. The first-order valence-corrected chi connectivity index (χ1v) is 13.5. The molecular weight excluding hydrogens is 478 g/mol. The molecule has 2 aromatic rings. The van der Waals surface area contributed by atoms with Crippen molar-refractivity contribution in [3.8, 4) is 5.75 Å². The van der Waals surface area contributed by atoms with Crippen LogP contribution in [-0.2, 0) is 24.3 Å². The SMILES string of the molecule is COc1ccc(NC(=O)[C@H]2CC(=O)N(c3cccc(SC)c3)C2)cc1S(=O)(=O)N1CCOCC1. The van der Waals surface area contributed by atoms with Gasteiger partial charge in [-0.15, -0.1) is 11.8 Å². The Morgan fingerprint density at radius 3 is 2.65 bits per heavy atom. The van der Waals surface area contributed by atoms with E-state index in [1.165, 1.54) is 23.5 Å². The zero-order valence-electron chi connectivity index (χ0n) is 19.0. The molecular formula is C23H27N3O6S2. The van der Waals surface area contributed by atoms with Crippen molar-refractivity contribution in [3.05, 3.63) is 42.5 Å². The van der Waals surface area contributed by atoms with E-state index in [2.05, 4.69) is 5.32 Å². The van der Waals surface area contributed by atoms with Gasteiger partial charge in [0.1, 0.15) is 10.6 Å². The summed E-state index contributed by atoms with van der Waals surface area (Å²) in [5.41, 5.74) is 1.09. The van der Waals surface area contributed by atoms with Crippen molar-refractivity contribution in [2.45, 2.75) is 16.2 Å². The van der Waals surface area contributed by atoms with E-state index >= 15 is 0 Å². The fourth-order valence-corrected chi connectivity index (χ4v) is 6.08. The van der Waals surface area contributed by atoms with Gasteiger partial charge in [-0.1, -0.05) is 6.07 Å². The molecule has 2 saturated heterocycles. The van der Waals surface area contributed by atoms with E-state index in [-0.39, 0.29) is 48.5 Å². The van der Waals surface area contributed by atoms with E-state index < -0.39 is 15.9 Å². The van der Waals surface area contributed by atoms with Gasteiger partial charge in [0.25, 0.3) is 0 Å². The Bertz CT molecular complexity index is 1180. The Kier molecular flexibility index (Phi) is 7.46. The molecule has 182 valence electrons. The van der Waals surface area contributed by atoms with Crippen LogP contribution in [0.15, 0.2) is 52.3 Å². The van der Waals surface area contributed by atoms with Gasteiger partial charge in [-0.3, -0.25) is 9.59 Å². The number of benzene rings is 2. The molecule has 0 radical (unpaired) electrons. The highest BCUT2D eigenvalue weighted by Gasteiger charge is 2.36. The predicted octanol–water partition coefficient (Wildman–Crippen LogP) is 2.43. The van der Waals surface area contributed by atoms with E-state index in [1.54, 1.807) is 22.7 Å². The first kappa shape index (κ1) is 24.5. The van der Waals surface area contributed by atoms with Crippen molar-refractivity contribution >= 4 is 45.0 Å². The second kappa shape index (κ2) is 10.3. The molecule has 0 bridgehead atoms. The molecule has 2 aliphatic heterocycles. The summed E-state index contributed by atoms with van der Waals surface area (Å²) in [5, 5.41) is 2.78.